The molecule has 232 valence electrons. The van der Waals surface area contributed by atoms with E-state index in [9.17, 15) is 4.79 Å². The third-order valence-electron chi connectivity index (χ3n) is 8.40. The molecule has 44 heavy (non-hydrogen) atoms. The molecule has 4 aromatic rings. The standard InChI is InChI=1S/C35H41F2N3O3Si/c1-24-21-40(22-25(2)43-24)34-26(19-29(32(36)33(34)37)30(41)20-31-38-17-18-39(31)6)23-42-44(35(3,4)5,27-13-9-7-10-14-27)28-15-11-8-12-16-28/h7-19,24-25H,20-23H2,1-6H3/t24-,25+. The van der Waals surface area contributed by atoms with E-state index in [0.717, 1.165) is 10.4 Å². The number of nitrogens with zero attached hydrogens (tertiary/aromatic N) is 3. The Hall–Kier alpha value is -3.66. The van der Waals surface area contributed by atoms with Crippen LogP contribution in [0.25, 0.3) is 0 Å². The molecule has 5 rings (SSSR count). The Morgan fingerprint density at radius 1 is 0.977 bits per heavy atom. The molecule has 2 heterocycles. The average Bonchev–Trinajstić information content (AvgIpc) is 3.38. The summed E-state index contributed by atoms with van der Waals surface area (Å²) in [5.41, 5.74) is 0.252. The SMILES string of the molecule is C[C@@H]1CN(c2c(CO[Si](c3ccccc3)(c3ccccc3)C(C)(C)C)cc(C(=O)Cc3nccn3C)c(F)c2F)C[C@H](C)O1. The van der Waals surface area contributed by atoms with Gasteiger partial charge in [-0.2, -0.15) is 0 Å². The zero-order valence-electron chi connectivity index (χ0n) is 26.3. The second-order valence-electron chi connectivity index (χ2n) is 12.7. The number of imidazole rings is 1. The molecule has 9 heteroatoms. The quantitative estimate of drug-likeness (QED) is 0.175. The van der Waals surface area contributed by atoms with E-state index >= 15 is 8.78 Å². The number of ether oxygens (including phenoxy) is 1. The minimum absolute atomic E-state index is 0.0113. The molecule has 1 saturated heterocycles. The molecule has 1 aromatic heterocycles. The summed E-state index contributed by atoms with van der Waals surface area (Å²) < 4.78 is 46.9. The summed E-state index contributed by atoms with van der Waals surface area (Å²) in [5.74, 6) is -2.27. The lowest BCUT2D eigenvalue weighted by Gasteiger charge is -2.43. The van der Waals surface area contributed by atoms with Crippen LogP contribution in [-0.4, -0.2) is 48.9 Å². The van der Waals surface area contributed by atoms with Gasteiger partial charge in [-0.3, -0.25) is 4.79 Å². The number of carbonyl (C=O) groups excluding carboxylic acids is 1. The highest BCUT2D eigenvalue weighted by Gasteiger charge is 2.50. The Bertz CT molecular complexity index is 1560. The van der Waals surface area contributed by atoms with Gasteiger partial charge < -0.3 is 18.6 Å². The maximum Gasteiger partial charge on any atom is 0.261 e. The number of ketones is 1. The van der Waals surface area contributed by atoms with Gasteiger partial charge in [0.25, 0.3) is 8.32 Å². The molecule has 0 unspecified atom stereocenters. The van der Waals surface area contributed by atoms with Crippen molar-refractivity contribution in [2.45, 2.75) is 64.9 Å². The summed E-state index contributed by atoms with van der Waals surface area (Å²) in [6.07, 6.45) is 2.77. The Morgan fingerprint density at radius 3 is 2.05 bits per heavy atom. The maximum atomic E-state index is 16.3. The van der Waals surface area contributed by atoms with E-state index in [4.69, 9.17) is 9.16 Å². The van der Waals surface area contributed by atoms with Crippen LogP contribution in [0.3, 0.4) is 0 Å². The predicted molar refractivity (Wildman–Crippen MR) is 172 cm³/mol. The van der Waals surface area contributed by atoms with Crippen LogP contribution >= 0.6 is 0 Å². The van der Waals surface area contributed by atoms with Crippen molar-refractivity contribution in [3.8, 4) is 0 Å². The molecule has 0 bridgehead atoms. The lowest BCUT2D eigenvalue weighted by atomic mass is 10.0. The van der Waals surface area contributed by atoms with E-state index in [1.807, 2.05) is 55.1 Å². The molecule has 0 aliphatic carbocycles. The van der Waals surface area contributed by atoms with E-state index in [2.05, 4.69) is 50.0 Å². The van der Waals surface area contributed by atoms with Gasteiger partial charge in [0.1, 0.15) is 5.82 Å². The average molecular weight is 618 g/mol. The molecule has 0 amide bonds. The fraction of sp³-hybridized carbons (Fsp3) is 0.371. The number of hydrogen-bond donors (Lipinski definition) is 0. The predicted octanol–water partition coefficient (Wildman–Crippen LogP) is 5.81. The van der Waals surface area contributed by atoms with Crippen LogP contribution in [-0.2, 0) is 29.2 Å². The van der Waals surface area contributed by atoms with Gasteiger partial charge in [0.2, 0.25) is 0 Å². The summed E-state index contributed by atoms with van der Waals surface area (Å²) in [6, 6.07) is 21.8. The lowest BCUT2D eigenvalue weighted by Crippen LogP contribution is -2.66. The van der Waals surface area contributed by atoms with Crippen LogP contribution in [0, 0.1) is 11.6 Å². The maximum absolute atomic E-state index is 16.3. The van der Waals surface area contributed by atoms with Gasteiger partial charge in [-0.1, -0.05) is 81.4 Å². The first-order valence-electron chi connectivity index (χ1n) is 15.1. The number of morpholine rings is 1. The molecular weight excluding hydrogens is 576 g/mol. The monoisotopic (exact) mass is 617 g/mol. The van der Waals surface area contributed by atoms with E-state index in [0.29, 0.717) is 24.5 Å². The highest BCUT2D eigenvalue weighted by molar-refractivity contribution is 6.99. The number of hydrogen-bond acceptors (Lipinski definition) is 5. The molecule has 0 radical (unpaired) electrons. The summed E-state index contributed by atoms with van der Waals surface area (Å²) in [7, 11) is -1.26. The molecule has 0 spiro atoms. The number of halogens is 2. The van der Waals surface area contributed by atoms with E-state index < -0.39 is 25.7 Å². The molecule has 1 fully saturated rings. The molecule has 2 atom stereocenters. The topological polar surface area (TPSA) is 56.6 Å². The molecule has 3 aromatic carbocycles. The summed E-state index contributed by atoms with van der Waals surface area (Å²) in [4.78, 5) is 19.5. The molecule has 0 N–H and O–H groups in total. The van der Waals surface area contributed by atoms with Crippen molar-refractivity contribution in [1.29, 1.82) is 0 Å². The lowest BCUT2D eigenvalue weighted by molar-refractivity contribution is -0.00553. The molecular formula is C35H41F2N3O3Si. The van der Waals surface area contributed by atoms with Gasteiger partial charge in [-0.15, -0.1) is 0 Å². The van der Waals surface area contributed by atoms with Crippen molar-refractivity contribution in [2.24, 2.45) is 7.05 Å². The summed E-state index contributed by atoms with van der Waals surface area (Å²) in [6.45, 7) is 11.1. The van der Waals surface area contributed by atoms with Crippen LogP contribution < -0.4 is 15.3 Å². The van der Waals surface area contributed by atoms with Crippen LogP contribution in [0.1, 0.15) is 56.4 Å². The first kappa shape index (κ1) is 31.8. The zero-order chi connectivity index (χ0) is 31.6. The van der Waals surface area contributed by atoms with Gasteiger partial charge >= 0.3 is 0 Å². The largest absolute Gasteiger partial charge is 0.403 e. The minimum Gasteiger partial charge on any atom is -0.403 e. The smallest absolute Gasteiger partial charge is 0.261 e. The number of anilines is 1. The Kier molecular flexibility index (Phi) is 9.20. The van der Waals surface area contributed by atoms with Crippen molar-refractivity contribution in [3.05, 3.63) is 108 Å². The molecule has 1 aliphatic rings. The van der Waals surface area contributed by atoms with Crippen molar-refractivity contribution in [3.63, 3.8) is 0 Å². The van der Waals surface area contributed by atoms with Crippen molar-refractivity contribution in [1.82, 2.24) is 9.55 Å². The van der Waals surface area contributed by atoms with Gasteiger partial charge in [0.05, 0.1) is 36.5 Å². The van der Waals surface area contributed by atoms with Gasteiger partial charge in [-0.25, -0.2) is 13.8 Å². The fourth-order valence-corrected chi connectivity index (χ4v) is 11.0. The number of aromatic nitrogens is 2. The molecule has 6 nitrogen and oxygen atoms in total. The van der Waals surface area contributed by atoms with Gasteiger partial charge in [0.15, 0.2) is 17.4 Å². The Balaban J connectivity index is 1.65. The number of aryl methyl sites for hydroxylation is 1. The van der Waals surface area contributed by atoms with Crippen molar-refractivity contribution in [2.75, 3.05) is 18.0 Å². The number of carbonyl (C=O) groups is 1. The Labute approximate surface area is 259 Å². The van der Waals surface area contributed by atoms with E-state index in [1.54, 1.807) is 24.0 Å². The first-order valence-corrected chi connectivity index (χ1v) is 17.0. The normalized spacial score (nSPS) is 17.6. The zero-order valence-corrected chi connectivity index (χ0v) is 27.3. The highest BCUT2D eigenvalue weighted by Crippen LogP contribution is 2.39. The summed E-state index contributed by atoms with van der Waals surface area (Å²) >= 11 is 0. The molecule has 1 aliphatic heterocycles. The third kappa shape index (κ3) is 6.13. The van der Waals surface area contributed by atoms with Gasteiger partial charge in [-0.05, 0) is 35.3 Å². The number of rotatable bonds is 9. The van der Waals surface area contributed by atoms with E-state index in [-0.39, 0.29) is 41.5 Å². The van der Waals surface area contributed by atoms with Crippen LogP contribution in [0.2, 0.25) is 5.04 Å². The van der Waals surface area contributed by atoms with Crippen molar-refractivity contribution < 1.29 is 22.7 Å². The van der Waals surface area contributed by atoms with Crippen LogP contribution in [0.5, 0.6) is 0 Å². The first-order chi connectivity index (χ1) is 20.9. The number of Topliss-reactive ketones (excluding diaryl/α,β-unsaturated/α-hetero) is 1. The van der Waals surface area contributed by atoms with Crippen LogP contribution in [0.15, 0.2) is 79.1 Å². The van der Waals surface area contributed by atoms with Gasteiger partial charge in [0, 0.05) is 38.1 Å². The van der Waals surface area contributed by atoms with E-state index in [1.165, 1.54) is 6.07 Å². The van der Waals surface area contributed by atoms with Crippen molar-refractivity contribution >= 4 is 30.2 Å². The van der Waals surface area contributed by atoms with Crippen LogP contribution in [0.4, 0.5) is 14.5 Å². The second kappa shape index (κ2) is 12.8. The Morgan fingerprint density at radius 2 is 1.55 bits per heavy atom. The minimum atomic E-state index is -3.02. The fourth-order valence-electron chi connectivity index (χ4n) is 6.44. The second-order valence-corrected chi connectivity index (χ2v) is 17.0. The third-order valence-corrected chi connectivity index (χ3v) is 13.4. The number of benzene rings is 3. The molecule has 0 saturated carbocycles. The summed E-state index contributed by atoms with van der Waals surface area (Å²) in [5, 5.41) is 1.82. The highest BCUT2D eigenvalue weighted by atomic mass is 28.4.